The van der Waals surface area contributed by atoms with Gasteiger partial charge >= 0.3 is 5.97 Å². The molecule has 142 valence electrons. The van der Waals surface area contributed by atoms with Crippen molar-refractivity contribution < 1.29 is 14.7 Å². The minimum atomic E-state index is -1.12. The second-order valence-electron chi connectivity index (χ2n) is 7.74. The van der Waals surface area contributed by atoms with Crippen LogP contribution in [-0.4, -0.2) is 22.5 Å². The highest BCUT2D eigenvalue weighted by Crippen LogP contribution is 2.36. The van der Waals surface area contributed by atoms with Gasteiger partial charge in [0.15, 0.2) is 0 Å². The second-order valence-corrected chi connectivity index (χ2v) is 7.74. The van der Waals surface area contributed by atoms with Crippen LogP contribution in [0, 0.1) is 0 Å². The summed E-state index contributed by atoms with van der Waals surface area (Å²) in [6.45, 7) is 2.05. The summed E-state index contributed by atoms with van der Waals surface area (Å²) in [6, 6.07) is 19.9. The predicted molar refractivity (Wildman–Crippen MR) is 106 cm³/mol. The van der Waals surface area contributed by atoms with Crippen molar-refractivity contribution in [1.82, 2.24) is 5.32 Å². The third kappa shape index (κ3) is 4.05. The first-order valence-corrected chi connectivity index (χ1v) is 9.62. The molecule has 3 rings (SSSR count). The molecule has 1 saturated carbocycles. The van der Waals surface area contributed by atoms with E-state index < -0.39 is 16.9 Å². The smallest absolute Gasteiger partial charge is 0.329 e. The van der Waals surface area contributed by atoms with Crippen LogP contribution < -0.4 is 5.32 Å². The van der Waals surface area contributed by atoms with Crippen LogP contribution in [-0.2, 0) is 15.0 Å². The molecular formula is C23H27NO3. The van der Waals surface area contributed by atoms with Gasteiger partial charge < -0.3 is 10.4 Å². The quantitative estimate of drug-likeness (QED) is 0.803. The van der Waals surface area contributed by atoms with Crippen LogP contribution >= 0.6 is 0 Å². The first kappa shape index (κ1) is 19.2. The number of aliphatic carboxylic acids is 1. The summed E-state index contributed by atoms with van der Waals surface area (Å²) in [5.41, 5.74) is 0.434. The third-order valence-corrected chi connectivity index (χ3v) is 5.83. The van der Waals surface area contributed by atoms with E-state index in [9.17, 15) is 14.7 Å². The lowest BCUT2D eigenvalue weighted by molar-refractivity contribution is -0.149. The van der Waals surface area contributed by atoms with Crippen molar-refractivity contribution in [2.75, 3.05) is 0 Å². The fraction of sp³-hybridized carbons (Fsp3) is 0.391. The number of carboxylic acid groups (broad SMARTS) is 1. The Labute approximate surface area is 160 Å². The Balaban J connectivity index is 1.88. The molecule has 0 radical (unpaired) electrons. The van der Waals surface area contributed by atoms with Gasteiger partial charge in [0.1, 0.15) is 5.54 Å². The van der Waals surface area contributed by atoms with Crippen molar-refractivity contribution in [3.63, 3.8) is 0 Å². The fourth-order valence-corrected chi connectivity index (χ4v) is 4.16. The number of carboxylic acids is 1. The number of hydrogen-bond donors (Lipinski definition) is 2. The predicted octanol–water partition coefficient (Wildman–Crippen LogP) is 4.29. The molecule has 4 heteroatoms. The van der Waals surface area contributed by atoms with Crippen LogP contribution in [0.5, 0.6) is 0 Å². The number of rotatable bonds is 6. The highest BCUT2D eigenvalue weighted by Gasteiger charge is 2.42. The number of carbonyl (C=O) groups is 2. The number of hydrogen-bond acceptors (Lipinski definition) is 2. The van der Waals surface area contributed by atoms with Gasteiger partial charge in [0.25, 0.3) is 0 Å². The zero-order valence-corrected chi connectivity index (χ0v) is 15.8. The van der Waals surface area contributed by atoms with Gasteiger partial charge in [-0.25, -0.2) is 4.79 Å². The molecule has 2 N–H and O–H groups in total. The van der Waals surface area contributed by atoms with Crippen molar-refractivity contribution in [1.29, 1.82) is 0 Å². The average Bonchev–Trinajstić information content (AvgIpc) is 2.69. The lowest BCUT2D eigenvalue weighted by atomic mass is 9.73. The largest absolute Gasteiger partial charge is 0.480 e. The van der Waals surface area contributed by atoms with Gasteiger partial charge in [-0.3, -0.25) is 4.79 Å². The molecule has 1 amide bonds. The van der Waals surface area contributed by atoms with E-state index in [2.05, 4.69) is 5.32 Å². The SMILES string of the molecule is CC(CC(=O)NC1(C(=O)O)CCCCC1)(c1ccccc1)c1ccccc1. The number of amides is 1. The standard InChI is InChI=1S/C23H27NO3/c1-22(18-11-5-2-6-12-18,19-13-7-3-8-14-19)17-20(25)24-23(21(26)27)15-9-4-10-16-23/h2-3,5-8,11-14H,4,9-10,15-17H2,1H3,(H,24,25)(H,26,27). The van der Waals surface area contributed by atoms with Gasteiger partial charge in [-0.05, 0) is 24.0 Å². The van der Waals surface area contributed by atoms with Crippen LogP contribution in [0.4, 0.5) is 0 Å². The van der Waals surface area contributed by atoms with Crippen LogP contribution in [0.25, 0.3) is 0 Å². The van der Waals surface area contributed by atoms with Crippen LogP contribution in [0.15, 0.2) is 60.7 Å². The molecule has 0 spiro atoms. The number of nitrogens with one attached hydrogen (secondary N) is 1. The van der Waals surface area contributed by atoms with E-state index in [1.165, 1.54) is 0 Å². The average molecular weight is 365 g/mol. The maximum atomic E-state index is 13.0. The molecule has 0 heterocycles. The number of benzene rings is 2. The molecule has 27 heavy (non-hydrogen) atoms. The molecule has 0 bridgehead atoms. The molecule has 0 aliphatic heterocycles. The van der Waals surface area contributed by atoms with E-state index in [4.69, 9.17) is 0 Å². The van der Waals surface area contributed by atoms with Gasteiger partial charge in [-0.2, -0.15) is 0 Å². The first-order chi connectivity index (χ1) is 13.0. The maximum absolute atomic E-state index is 13.0. The molecule has 0 saturated heterocycles. The Morgan fingerprint density at radius 2 is 1.41 bits per heavy atom. The molecule has 4 nitrogen and oxygen atoms in total. The second kappa shape index (κ2) is 7.95. The van der Waals surface area contributed by atoms with Crippen molar-refractivity contribution in [3.8, 4) is 0 Å². The Bertz CT molecular complexity index is 740. The summed E-state index contributed by atoms with van der Waals surface area (Å²) in [6.07, 6.45) is 3.90. The van der Waals surface area contributed by atoms with E-state index in [0.717, 1.165) is 30.4 Å². The van der Waals surface area contributed by atoms with Gasteiger partial charge in [0, 0.05) is 11.8 Å². The minimum Gasteiger partial charge on any atom is -0.480 e. The Morgan fingerprint density at radius 1 is 0.926 bits per heavy atom. The summed E-state index contributed by atoms with van der Waals surface area (Å²) < 4.78 is 0. The molecule has 1 fully saturated rings. The summed E-state index contributed by atoms with van der Waals surface area (Å²) in [4.78, 5) is 24.9. The normalized spacial score (nSPS) is 16.5. The fourth-order valence-electron chi connectivity index (χ4n) is 4.16. The van der Waals surface area contributed by atoms with Gasteiger partial charge in [0.2, 0.25) is 5.91 Å². The van der Waals surface area contributed by atoms with E-state index in [-0.39, 0.29) is 12.3 Å². The third-order valence-electron chi connectivity index (χ3n) is 5.83. The molecule has 0 atom stereocenters. The lowest BCUT2D eigenvalue weighted by Gasteiger charge is -2.36. The minimum absolute atomic E-state index is 0.204. The van der Waals surface area contributed by atoms with Crippen molar-refractivity contribution in [2.45, 2.75) is 56.4 Å². The topological polar surface area (TPSA) is 66.4 Å². The molecule has 0 unspecified atom stereocenters. The highest BCUT2D eigenvalue weighted by atomic mass is 16.4. The van der Waals surface area contributed by atoms with Gasteiger partial charge in [0.05, 0.1) is 0 Å². The van der Waals surface area contributed by atoms with Crippen molar-refractivity contribution in [2.24, 2.45) is 0 Å². The van der Waals surface area contributed by atoms with Gasteiger partial charge in [-0.1, -0.05) is 86.8 Å². The van der Waals surface area contributed by atoms with Crippen LogP contribution in [0.2, 0.25) is 0 Å². The molecule has 1 aliphatic rings. The number of carbonyl (C=O) groups excluding carboxylic acids is 1. The van der Waals surface area contributed by atoms with Gasteiger partial charge in [-0.15, -0.1) is 0 Å². The summed E-state index contributed by atoms with van der Waals surface area (Å²) in [5, 5.41) is 12.6. The monoisotopic (exact) mass is 365 g/mol. The van der Waals surface area contributed by atoms with E-state index in [1.54, 1.807) is 0 Å². The Hall–Kier alpha value is -2.62. The summed E-state index contributed by atoms with van der Waals surface area (Å²) in [7, 11) is 0. The lowest BCUT2D eigenvalue weighted by Crippen LogP contribution is -2.56. The Kier molecular flexibility index (Phi) is 5.64. The molecular weight excluding hydrogens is 338 g/mol. The van der Waals surface area contributed by atoms with Crippen LogP contribution in [0.1, 0.15) is 56.6 Å². The molecule has 2 aromatic rings. The summed E-state index contributed by atoms with van der Waals surface area (Å²) >= 11 is 0. The van der Waals surface area contributed by atoms with Crippen molar-refractivity contribution >= 4 is 11.9 Å². The highest BCUT2D eigenvalue weighted by molar-refractivity contribution is 5.88. The zero-order valence-electron chi connectivity index (χ0n) is 15.8. The zero-order chi connectivity index (χ0) is 19.3. The van der Waals surface area contributed by atoms with E-state index in [1.807, 2.05) is 67.6 Å². The maximum Gasteiger partial charge on any atom is 0.329 e. The first-order valence-electron chi connectivity index (χ1n) is 9.62. The van der Waals surface area contributed by atoms with Crippen molar-refractivity contribution in [3.05, 3.63) is 71.8 Å². The Morgan fingerprint density at radius 3 is 1.85 bits per heavy atom. The van der Waals surface area contributed by atoms with Crippen LogP contribution in [0.3, 0.4) is 0 Å². The van der Waals surface area contributed by atoms with E-state index >= 15 is 0 Å². The summed E-state index contributed by atoms with van der Waals surface area (Å²) in [5.74, 6) is -1.13. The molecule has 0 aromatic heterocycles. The van der Waals surface area contributed by atoms with E-state index in [0.29, 0.717) is 12.8 Å². The molecule has 1 aliphatic carbocycles. The molecule has 2 aromatic carbocycles.